The molecule has 2 fully saturated rings. The Balaban J connectivity index is 1.92. The van der Waals surface area contributed by atoms with Gasteiger partial charge in [0.15, 0.2) is 24.6 Å². The van der Waals surface area contributed by atoms with Crippen LogP contribution in [0.5, 0.6) is 0 Å². The molecule has 12 nitrogen and oxygen atoms in total. The van der Waals surface area contributed by atoms with E-state index >= 15 is 0 Å². The fourth-order valence-electron chi connectivity index (χ4n) is 4.68. The highest BCUT2D eigenvalue weighted by Crippen LogP contribution is 2.37. The highest BCUT2D eigenvalue weighted by molar-refractivity contribution is 9.09. The Labute approximate surface area is 241 Å². The zero-order valence-electron chi connectivity index (χ0n) is 23.1. The quantitative estimate of drug-likeness (QED) is 0.213. The van der Waals surface area contributed by atoms with Crippen LogP contribution in [0.25, 0.3) is 0 Å². The van der Waals surface area contributed by atoms with Crippen molar-refractivity contribution in [2.24, 2.45) is 0 Å². The molecule has 2 heterocycles. The van der Waals surface area contributed by atoms with E-state index in [1.54, 1.807) is 13.8 Å². The minimum atomic E-state index is -1.30. The van der Waals surface area contributed by atoms with Crippen molar-refractivity contribution in [1.29, 1.82) is 0 Å². The zero-order chi connectivity index (χ0) is 29.6. The first-order valence-corrected chi connectivity index (χ1v) is 13.7. The number of ether oxygens (including phenoxy) is 8. The minimum absolute atomic E-state index is 0.192. The molecule has 0 aromatic heterocycles. The molecular formula is C27H35BrO12. The second-order valence-electron chi connectivity index (χ2n) is 9.56. The Morgan fingerprint density at radius 2 is 1.38 bits per heavy atom. The zero-order valence-corrected chi connectivity index (χ0v) is 24.7. The highest BCUT2D eigenvalue weighted by atomic mass is 79.9. The van der Waals surface area contributed by atoms with Gasteiger partial charge in [-0.3, -0.25) is 19.2 Å². The lowest BCUT2D eigenvalue weighted by molar-refractivity contribution is -0.315. The molecule has 0 amide bonds. The number of hydrogen-bond acceptors (Lipinski definition) is 12. The van der Waals surface area contributed by atoms with Gasteiger partial charge in [-0.15, -0.1) is 0 Å². The maximum Gasteiger partial charge on any atom is 0.303 e. The summed E-state index contributed by atoms with van der Waals surface area (Å²) in [5, 5.41) is -0.758. The summed E-state index contributed by atoms with van der Waals surface area (Å²) in [6.07, 6.45) is -8.81. The normalized spacial score (nSPS) is 32.5. The molecule has 0 bridgehead atoms. The molecule has 0 unspecified atom stereocenters. The smallest absolute Gasteiger partial charge is 0.303 e. The number of alkyl halides is 1. The summed E-state index contributed by atoms with van der Waals surface area (Å²) in [6, 6.07) is 9.42. The topological polar surface area (TPSA) is 142 Å². The van der Waals surface area contributed by atoms with Crippen LogP contribution in [0, 0.1) is 0 Å². The van der Waals surface area contributed by atoms with Gasteiger partial charge in [-0.05, 0) is 19.4 Å². The van der Waals surface area contributed by atoms with Gasteiger partial charge in [0.1, 0.15) is 29.4 Å². The predicted octanol–water partition coefficient (Wildman–Crippen LogP) is 2.57. The monoisotopic (exact) mass is 630 g/mol. The van der Waals surface area contributed by atoms with Gasteiger partial charge < -0.3 is 37.9 Å². The molecule has 3 rings (SSSR count). The largest absolute Gasteiger partial charge is 0.460 e. The Bertz CT molecular complexity index is 1040. The summed E-state index contributed by atoms with van der Waals surface area (Å²) in [6.45, 7) is 8.32. The maximum atomic E-state index is 12.1. The molecule has 1 aromatic rings. The van der Waals surface area contributed by atoms with Crippen LogP contribution in [0.15, 0.2) is 30.3 Å². The van der Waals surface area contributed by atoms with Crippen molar-refractivity contribution < 1.29 is 57.1 Å². The molecule has 0 spiro atoms. The molecule has 13 heteroatoms. The van der Waals surface area contributed by atoms with Gasteiger partial charge >= 0.3 is 23.9 Å². The highest BCUT2D eigenvalue weighted by Gasteiger charge is 2.55. The summed E-state index contributed by atoms with van der Waals surface area (Å²) < 4.78 is 46.4. The van der Waals surface area contributed by atoms with E-state index in [1.165, 1.54) is 27.7 Å². The van der Waals surface area contributed by atoms with Crippen molar-refractivity contribution in [3.8, 4) is 0 Å². The van der Waals surface area contributed by atoms with Gasteiger partial charge in [0.25, 0.3) is 0 Å². The molecule has 2 saturated heterocycles. The van der Waals surface area contributed by atoms with E-state index in [2.05, 4.69) is 15.9 Å². The molecule has 40 heavy (non-hydrogen) atoms. The Morgan fingerprint density at radius 3 is 1.95 bits per heavy atom. The minimum Gasteiger partial charge on any atom is -0.460 e. The number of benzene rings is 1. The van der Waals surface area contributed by atoms with Crippen LogP contribution in [0.4, 0.5) is 0 Å². The fourth-order valence-corrected chi connectivity index (χ4v) is 5.35. The van der Waals surface area contributed by atoms with Gasteiger partial charge in [-0.25, -0.2) is 0 Å². The van der Waals surface area contributed by atoms with Crippen LogP contribution >= 0.6 is 15.9 Å². The van der Waals surface area contributed by atoms with Crippen LogP contribution < -0.4 is 0 Å². The van der Waals surface area contributed by atoms with Crippen molar-refractivity contribution in [2.75, 3.05) is 0 Å². The summed E-state index contributed by atoms with van der Waals surface area (Å²) >= 11 is 3.47. The van der Waals surface area contributed by atoms with Crippen molar-refractivity contribution in [2.45, 2.75) is 108 Å². The van der Waals surface area contributed by atoms with Crippen LogP contribution in [-0.4, -0.2) is 84.0 Å². The van der Waals surface area contributed by atoms with Crippen LogP contribution in [0.1, 0.15) is 47.1 Å². The summed E-state index contributed by atoms with van der Waals surface area (Å²) in [5.74, 6) is -2.52. The Hall–Kier alpha value is -2.58. The average molecular weight is 631 g/mol. The van der Waals surface area contributed by atoms with Gasteiger partial charge in [-0.2, -0.15) is 0 Å². The van der Waals surface area contributed by atoms with E-state index in [4.69, 9.17) is 37.9 Å². The van der Waals surface area contributed by atoms with E-state index < -0.39 is 84.0 Å². The molecule has 10 atom stereocenters. The Morgan fingerprint density at radius 1 is 0.800 bits per heavy atom. The molecule has 2 aliphatic rings. The third-order valence-corrected chi connectivity index (χ3v) is 6.95. The van der Waals surface area contributed by atoms with Crippen LogP contribution in [0.3, 0.4) is 0 Å². The number of carbonyl (C=O) groups is 4. The number of rotatable bonds is 10. The lowest BCUT2D eigenvalue weighted by Gasteiger charge is -2.44. The van der Waals surface area contributed by atoms with Crippen molar-refractivity contribution in [3.63, 3.8) is 0 Å². The fraction of sp³-hybridized carbons (Fsp3) is 0.630. The predicted molar refractivity (Wildman–Crippen MR) is 140 cm³/mol. The average Bonchev–Trinajstić information content (AvgIpc) is 3.17. The molecule has 0 saturated carbocycles. The first kappa shape index (κ1) is 31.9. The van der Waals surface area contributed by atoms with E-state index in [9.17, 15) is 19.2 Å². The van der Waals surface area contributed by atoms with Gasteiger partial charge in [-0.1, -0.05) is 46.3 Å². The van der Waals surface area contributed by atoms with E-state index in [0.29, 0.717) is 0 Å². The molecular weight excluding hydrogens is 596 g/mol. The third kappa shape index (κ3) is 8.46. The summed E-state index contributed by atoms with van der Waals surface area (Å²) in [5.41, 5.74) is 0.887. The van der Waals surface area contributed by atoms with Gasteiger partial charge in [0.2, 0.25) is 0 Å². The van der Waals surface area contributed by atoms with Crippen LogP contribution in [-0.2, 0) is 63.7 Å². The number of carbonyl (C=O) groups excluding carboxylic acids is 4. The number of hydrogen-bond donors (Lipinski definition) is 0. The Kier molecular flexibility index (Phi) is 11.5. The third-order valence-electron chi connectivity index (χ3n) is 6.22. The van der Waals surface area contributed by atoms with Crippen molar-refractivity contribution in [1.82, 2.24) is 0 Å². The molecule has 1 aromatic carbocycles. The van der Waals surface area contributed by atoms with Gasteiger partial charge in [0.05, 0.1) is 12.7 Å². The molecule has 222 valence electrons. The van der Waals surface area contributed by atoms with E-state index in [1.807, 2.05) is 30.3 Å². The van der Waals surface area contributed by atoms with E-state index in [0.717, 1.165) is 5.56 Å². The summed E-state index contributed by atoms with van der Waals surface area (Å²) in [7, 11) is 0. The first-order chi connectivity index (χ1) is 18.9. The van der Waals surface area contributed by atoms with Crippen molar-refractivity contribution >= 4 is 39.8 Å². The van der Waals surface area contributed by atoms with E-state index in [-0.39, 0.29) is 6.61 Å². The lowest BCUT2D eigenvalue weighted by atomic mass is 9.98. The second-order valence-corrected chi connectivity index (χ2v) is 10.5. The standard InChI is InChI=1S/C27H35BrO12/c1-13(34-15(3)29)20-22(33-12-19-10-8-7-9-11-19)24(26(28)39-20)40-27-25(38-18(6)32)23(37-17(5)31)21(14(2)35-27)36-16(4)30/h7-11,13-14,20-27H,12H2,1-6H3/t13-,14-,20-,21+,22+,23+,24+,25+,26+,27-/m0/s1. The SMILES string of the molecule is CC(=O)O[C@H]1[C@@H](OC(C)=O)[C@H](O[C@@H]2[C@H](OCc3ccccc3)[C@H]([C@H](C)OC(C)=O)O[C@H]2Br)O[C@@H](C)[C@H]1OC(C)=O. The van der Waals surface area contributed by atoms with Gasteiger partial charge in [0, 0.05) is 27.7 Å². The lowest BCUT2D eigenvalue weighted by Crippen LogP contribution is -2.62. The number of halogens is 1. The molecule has 2 aliphatic heterocycles. The molecule has 0 radical (unpaired) electrons. The molecule has 0 aliphatic carbocycles. The second kappa shape index (κ2) is 14.4. The summed E-state index contributed by atoms with van der Waals surface area (Å²) in [4.78, 5) is 47.5. The number of esters is 4. The van der Waals surface area contributed by atoms with Crippen molar-refractivity contribution in [3.05, 3.63) is 35.9 Å². The molecule has 0 N–H and O–H groups in total. The van der Waals surface area contributed by atoms with Crippen LogP contribution in [0.2, 0.25) is 0 Å². The first-order valence-electron chi connectivity index (χ1n) is 12.8. The maximum absolute atomic E-state index is 12.1.